The third-order valence-electron chi connectivity index (χ3n) is 2.80. The minimum absolute atomic E-state index is 0.0203. The Hall–Kier alpha value is -1.95. The number of rotatable bonds is 2. The first kappa shape index (κ1) is 13.5. The summed E-state index contributed by atoms with van der Waals surface area (Å²) in [5, 5.41) is 11.0. The van der Waals surface area contributed by atoms with E-state index >= 15 is 0 Å². The van der Waals surface area contributed by atoms with Crippen molar-refractivity contribution in [2.45, 2.75) is 26.7 Å². The maximum absolute atomic E-state index is 12.3. The highest BCUT2D eigenvalue weighted by atomic mass is 35.5. The standard InChI is InChI=1S/C12H12ClN3O3/c1-6(2)9-10(13)14-11-8(16(18)19)4-7(3)5-15(11)12(9)17/h4-6H,1-3H3. The fourth-order valence-corrected chi connectivity index (χ4v) is 2.34. The van der Waals surface area contributed by atoms with Gasteiger partial charge < -0.3 is 0 Å². The van der Waals surface area contributed by atoms with Crippen molar-refractivity contribution >= 4 is 22.9 Å². The van der Waals surface area contributed by atoms with Crippen LogP contribution in [0.2, 0.25) is 5.15 Å². The van der Waals surface area contributed by atoms with E-state index in [1.54, 1.807) is 6.92 Å². The molecule has 2 aromatic heterocycles. The summed E-state index contributed by atoms with van der Waals surface area (Å²) >= 11 is 5.97. The number of pyridine rings is 1. The van der Waals surface area contributed by atoms with Gasteiger partial charge in [-0.2, -0.15) is 0 Å². The fourth-order valence-electron chi connectivity index (χ4n) is 1.96. The summed E-state index contributed by atoms with van der Waals surface area (Å²) in [7, 11) is 0. The second-order valence-electron chi connectivity index (χ2n) is 4.63. The highest BCUT2D eigenvalue weighted by Gasteiger charge is 2.20. The molecule has 6 nitrogen and oxygen atoms in total. The molecule has 0 aromatic carbocycles. The van der Waals surface area contributed by atoms with Gasteiger partial charge in [0.15, 0.2) is 0 Å². The number of aromatic nitrogens is 2. The smallest absolute Gasteiger partial charge is 0.269 e. The monoisotopic (exact) mass is 281 g/mol. The molecule has 2 heterocycles. The highest BCUT2D eigenvalue weighted by molar-refractivity contribution is 6.30. The third-order valence-corrected chi connectivity index (χ3v) is 3.09. The lowest BCUT2D eigenvalue weighted by atomic mass is 10.1. The molecule has 0 saturated heterocycles. The Kier molecular flexibility index (Phi) is 3.28. The van der Waals surface area contributed by atoms with Crippen molar-refractivity contribution in [2.75, 3.05) is 0 Å². The molecular weight excluding hydrogens is 270 g/mol. The third kappa shape index (κ3) is 2.19. The Balaban J connectivity index is 3.00. The summed E-state index contributed by atoms with van der Waals surface area (Å²) in [5.41, 5.74) is 0.347. The predicted octanol–water partition coefficient (Wildman–Crippen LogP) is 2.69. The van der Waals surface area contributed by atoms with E-state index in [0.717, 1.165) is 0 Å². The van der Waals surface area contributed by atoms with Crippen LogP contribution in [0.25, 0.3) is 5.65 Å². The van der Waals surface area contributed by atoms with Gasteiger partial charge in [0.2, 0.25) is 5.65 Å². The van der Waals surface area contributed by atoms with Crippen molar-refractivity contribution < 1.29 is 4.92 Å². The minimum atomic E-state index is -0.569. The first-order chi connectivity index (χ1) is 8.82. The molecule has 0 atom stereocenters. The zero-order valence-electron chi connectivity index (χ0n) is 10.7. The molecule has 2 aromatic rings. The van der Waals surface area contributed by atoms with Gasteiger partial charge in [-0.25, -0.2) is 4.98 Å². The quantitative estimate of drug-likeness (QED) is 0.482. The first-order valence-corrected chi connectivity index (χ1v) is 6.07. The molecule has 2 rings (SSSR count). The summed E-state index contributed by atoms with van der Waals surface area (Å²) < 4.78 is 1.19. The SMILES string of the molecule is Cc1cc([N+](=O)[O-])c2nc(Cl)c(C(C)C)c(=O)n2c1. The van der Waals surface area contributed by atoms with Gasteiger partial charge in [-0.15, -0.1) is 0 Å². The van der Waals surface area contributed by atoms with Crippen LogP contribution in [0.1, 0.15) is 30.9 Å². The number of hydrogen-bond acceptors (Lipinski definition) is 4. The average Bonchev–Trinajstić information content (AvgIpc) is 2.28. The van der Waals surface area contributed by atoms with E-state index in [1.165, 1.54) is 16.7 Å². The van der Waals surface area contributed by atoms with Crippen molar-refractivity contribution in [2.24, 2.45) is 0 Å². The number of nitrogens with zero attached hydrogens (tertiary/aromatic N) is 3. The fraction of sp³-hybridized carbons (Fsp3) is 0.333. The lowest BCUT2D eigenvalue weighted by Crippen LogP contribution is -2.22. The van der Waals surface area contributed by atoms with Crippen LogP contribution >= 0.6 is 11.6 Å². The number of hydrogen-bond donors (Lipinski definition) is 0. The molecule has 0 aliphatic heterocycles. The molecule has 0 saturated carbocycles. The molecule has 0 radical (unpaired) electrons. The molecule has 19 heavy (non-hydrogen) atoms. The van der Waals surface area contributed by atoms with Crippen molar-refractivity contribution in [3.63, 3.8) is 0 Å². The van der Waals surface area contributed by atoms with Crippen LogP contribution in [0.15, 0.2) is 17.1 Å². The summed E-state index contributed by atoms with van der Waals surface area (Å²) in [6, 6.07) is 1.37. The van der Waals surface area contributed by atoms with Gasteiger partial charge in [0, 0.05) is 12.3 Å². The number of nitro groups is 1. The minimum Gasteiger partial charge on any atom is -0.269 e. The van der Waals surface area contributed by atoms with Gasteiger partial charge in [-0.05, 0) is 18.4 Å². The average molecular weight is 282 g/mol. The zero-order valence-corrected chi connectivity index (χ0v) is 11.4. The number of halogens is 1. The van der Waals surface area contributed by atoms with Crippen molar-refractivity contribution in [3.8, 4) is 0 Å². The van der Waals surface area contributed by atoms with Crippen LogP contribution < -0.4 is 5.56 Å². The molecule has 0 aliphatic rings. The van der Waals surface area contributed by atoms with Crippen molar-refractivity contribution in [1.29, 1.82) is 0 Å². The van der Waals surface area contributed by atoms with Crippen LogP contribution in [0, 0.1) is 17.0 Å². The lowest BCUT2D eigenvalue weighted by molar-refractivity contribution is -0.383. The first-order valence-electron chi connectivity index (χ1n) is 5.69. The van der Waals surface area contributed by atoms with Gasteiger partial charge in [0.25, 0.3) is 5.56 Å². The maximum atomic E-state index is 12.3. The van der Waals surface area contributed by atoms with Gasteiger partial charge in [0.1, 0.15) is 5.15 Å². The van der Waals surface area contributed by atoms with E-state index in [4.69, 9.17) is 11.6 Å². The van der Waals surface area contributed by atoms with E-state index in [9.17, 15) is 14.9 Å². The summed E-state index contributed by atoms with van der Waals surface area (Å²) in [6.45, 7) is 5.32. The molecule has 0 aliphatic carbocycles. The molecule has 0 unspecified atom stereocenters. The molecule has 7 heteroatoms. The van der Waals surface area contributed by atoms with Crippen LogP contribution in [-0.4, -0.2) is 14.3 Å². The largest absolute Gasteiger partial charge is 0.312 e. The van der Waals surface area contributed by atoms with Crippen LogP contribution in [-0.2, 0) is 0 Å². The van der Waals surface area contributed by atoms with Crippen LogP contribution in [0.3, 0.4) is 0 Å². The number of aryl methyl sites for hydroxylation is 1. The van der Waals surface area contributed by atoms with Gasteiger partial charge in [0.05, 0.1) is 10.5 Å². The Morgan fingerprint density at radius 1 is 1.47 bits per heavy atom. The normalized spacial score (nSPS) is 11.2. The maximum Gasteiger partial charge on any atom is 0.312 e. The summed E-state index contributed by atoms with van der Waals surface area (Å²) in [6.07, 6.45) is 1.53. The van der Waals surface area contributed by atoms with E-state index in [-0.39, 0.29) is 28.0 Å². The second kappa shape index (κ2) is 4.62. The van der Waals surface area contributed by atoms with Crippen molar-refractivity contribution in [1.82, 2.24) is 9.38 Å². The Bertz CT molecular complexity index is 737. The molecule has 0 spiro atoms. The van der Waals surface area contributed by atoms with E-state index in [1.807, 2.05) is 13.8 Å². The Morgan fingerprint density at radius 3 is 2.63 bits per heavy atom. The summed E-state index contributed by atoms with van der Waals surface area (Å²) in [5.74, 6) is -0.107. The molecule has 100 valence electrons. The topological polar surface area (TPSA) is 77.5 Å². The molecule has 0 N–H and O–H groups in total. The van der Waals surface area contributed by atoms with Gasteiger partial charge in [-0.1, -0.05) is 25.4 Å². The van der Waals surface area contributed by atoms with E-state index in [0.29, 0.717) is 11.1 Å². The summed E-state index contributed by atoms with van der Waals surface area (Å²) in [4.78, 5) is 26.8. The molecule has 0 bridgehead atoms. The lowest BCUT2D eigenvalue weighted by Gasteiger charge is -2.09. The van der Waals surface area contributed by atoms with E-state index < -0.39 is 4.92 Å². The highest BCUT2D eigenvalue weighted by Crippen LogP contribution is 2.24. The Morgan fingerprint density at radius 2 is 2.11 bits per heavy atom. The Labute approximate surface area is 113 Å². The van der Waals surface area contributed by atoms with Crippen molar-refractivity contribution in [3.05, 3.63) is 49.0 Å². The molecule has 0 amide bonds. The van der Waals surface area contributed by atoms with Crippen LogP contribution in [0.5, 0.6) is 0 Å². The zero-order chi connectivity index (χ0) is 14.3. The van der Waals surface area contributed by atoms with Gasteiger partial charge >= 0.3 is 5.69 Å². The molecular formula is C12H12ClN3O3. The second-order valence-corrected chi connectivity index (χ2v) is 4.99. The molecule has 0 fully saturated rings. The van der Waals surface area contributed by atoms with Gasteiger partial charge in [-0.3, -0.25) is 19.3 Å². The predicted molar refractivity (Wildman–Crippen MR) is 72.0 cm³/mol. The number of fused-ring (bicyclic) bond motifs is 1. The van der Waals surface area contributed by atoms with E-state index in [2.05, 4.69) is 4.98 Å². The van der Waals surface area contributed by atoms with Crippen LogP contribution in [0.4, 0.5) is 5.69 Å².